The lowest BCUT2D eigenvalue weighted by atomic mass is 9.89. The molecule has 1 aromatic heterocycles. The number of hydrogen-bond acceptors (Lipinski definition) is 5. The fraction of sp³-hybridized carbons (Fsp3) is 0.882. The highest BCUT2D eigenvalue weighted by atomic mass is 16.3. The molecule has 1 saturated heterocycles. The minimum Gasteiger partial charge on any atom is -0.392 e. The Morgan fingerprint density at radius 1 is 1.13 bits per heavy atom. The number of nitrogens with zero attached hydrogens (tertiary/aromatic N) is 5. The van der Waals surface area contributed by atoms with Gasteiger partial charge in [0, 0.05) is 26.2 Å². The van der Waals surface area contributed by atoms with Gasteiger partial charge in [0.15, 0.2) is 5.82 Å². The smallest absolute Gasteiger partial charge is 0.150 e. The number of rotatable bonds is 3. The van der Waals surface area contributed by atoms with Crippen LogP contribution in [-0.4, -0.2) is 62.5 Å². The van der Waals surface area contributed by atoms with Crippen LogP contribution in [0, 0.1) is 5.92 Å². The van der Waals surface area contributed by atoms with Gasteiger partial charge < -0.3 is 9.67 Å². The molecule has 0 amide bonds. The fourth-order valence-electron chi connectivity index (χ4n) is 4.60. The molecule has 6 heteroatoms. The monoisotopic (exact) mass is 319 g/mol. The van der Waals surface area contributed by atoms with E-state index >= 15 is 0 Å². The molecular weight excluding hydrogens is 290 g/mol. The second-order valence-corrected chi connectivity index (χ2v) is 7.73. The first-order chi connectivity index (χ1) is 11.2. The highest BCUT2D eigenvalue weighted by molar-refractivity contribution is 5.07. The summed E-state index contributed by atoms with van der Waals surface area (Å²) in [4.78, 5) is 4.77. The highest BCUT2D eigenvalue weighted by Gasteiger charge is 2.37. The fourth-order valence-corrected chi connectivity index (χ4v) is 4.60. The maximum absolute atomic E-state index is 10.2. The third kappa shape index (κ3) is 3.16. The first-order valence-electron chi connectivity index (χ1n) is 9.23. The van der Waals surface area contributed by atoms with Crippen molar-refractivity contribution in [1.29, 1.82) is 0 Å². The van der Waals surface area contributed by atoms with Gasteiger partial charge in [0.25, 0.3) is 0 Å². The van der Waals surface area contributed by atoms with E-state index < -0.39 is 0 Å². The van der Waals surface area contributed by atoms with Crippen molar-refractivity contribution < 1.29 is 5.11 Å². The number of fused-ring (bicyclic) bond motifs is 1. The molecule has 0 unspecified atom stereocenters. The van der Waals surface area contributed by atoms with Gasteiger partial charge >= 0.3 is 0 Å². The van der Waals surface area contributed by atoms with Crippen LogP contribution in [0.1, 0.15) is 56.2 Å². The number of aliphatic hydroxyl groups excluding tert-OH is 1. The van der Waals surface area contributed by atoms with E-state index in [2.05, 4.69) is 31.6 Å². The van der Waals surface area contributed by atoms with E-state index in [0.29, 0.717) is 0 Å². The number of β-amino-alcohol motifs (C(OH)–C–C–N with tert-alkyl or cyclic N) is 1. The van der Waals surface area contributed by atoms with Crippen molar-refractivity contribution in [2.45, 2.75) is 63.8 Å². The van der Waals surface area contributed by atoms with E-state index in [1.54, 1.807) is 0 Å². The molecule has 1 N–H and O–H groups in total. The predicted molar refractivity (Wildman–Crippen MR) is 87.9 cm³/mol. The molecule has 0 spiro atoms. The summed E-state index contributed by atoms with van der Waals surface area (Å²) in [7, 11) is 2.13. The summed E-state index contributed by atoms with van der Waals surface area (Å²) in [5.41, 5.74) is 0. The van der Waals surface area contributed by atoms with Crippen molar-refractivity contribution >= 4 is 0 Å². The van der Waals surface area contributed by atoms with Crippen molar-refractivity contribution in [3.05, 3.63) is 11.6 Å². The zero-order chi connectivity index (χ0) is 15.8. The summed E-state index contributed by atoms with van der Waals surface area (Å²) in [5.74, 6) is 2.96. The van der Waals surface area contributed by atoms with Crippen molar-refractivity contribution in [2.24, 2.45) is 5.92 Å². The van der Waals surface area contributed by atoms with Crippen LogP contribution in [0.15, 0.2) is 0 Å². The van der Waals surface area contributed by atoms with Gasteiger partial charge in [0.1, 0.15) is 5.82 Å². The Morgan fingerprint density at radius 2 is 1.96 bits per heavy atom. The van der Waals surface area contributed by atoms with Gasteiger partial charge in [0.2, 0.25) is 0 Å². The molecule has 2 aliphatic heterocycles. The first-order valence-corrected chi connectivity index (χ1v) is 9.23. The molecule has 2 fully saturated rings. The van der Waals surface area contributed by atoms with Crippen LogP contribution in [0.3, 0.4) is 0 Å². The second-order valence-electron chi connectivity index (χ2n) is 7.73. The Kier molecular flexibility index (Phi) is 4.39. The largest absolute Gasteiger partial charge is 0.392 e. The van der Waals surface area contributed by atoms with Gasteiger partial charge in [-0.2, -0.15) is 0 Å². The average molecular weight is 319 g/mol. The predicted octanol–water partition coefficient (Wildman–Crippen LogP) is 1.41. The van der Waals surface area contributed by atoms with E-state index in [4.69, 9.17) is 0 Å². The van der Waals surface area contributed by atoms with Crippen LogP contribution in [0.5, 0.6) is 0 Å². The lowest BCUT2D eigenvalue weighted by Crippen LogP contribution is -2.35. The molecule has 3 aliphatic rings. The Labute approximate surface area is 138 Å². The molecule has 1 aliphatic carbocycles. The average Bonchev–Trinajstić information content (AvgIpc) is 3.11. The molecule has 4 rings (SSSR count). The van der Waals surface area contributed by atoms with Crippen molar-refractivity contribution in [3.8, 4) is 0 Å². The highest BCUT2D eigenvalue weighted by Crippen LogP contribution is 2.35. The normalized spacial score (nSPS) is 30.7. The van der Waals surface area contributed by atoms with Gasteiger partial charge in [-0.15, -0.1) is 10.2 Å². The Bertz CT molecular complexity index is 539. The maximum Gasteiger partial charge on any atom is 0.150 e. The Hall–Kier alpha value is -0.980. The van der Waals surface area contributed by atoms with Crippen molar-refractivity contribution in [3.63, 3.8) is 0 Å². The number of likely N-dealkylation sites (tertiary alicyclic amines) is 1. The molecule has 0 bridgehead atoms. The number of aromatic nitrogens is 3. The van der Waals surface area contributed by atoms with E-state index in [9.17, 15) is 5.11 Å². The molecule has 23 heavy (non-hydrogen) atoms. The number of likely N-dealkylation sites (N-methyl/N-ethyl adjacent to an activating group) is 1. The van der Waals surface area contributed by atoms with Crippen molar-refractivity contribution in [1.82, 2.24) is 24.6 Å². The summed E-state index contributed by atoms with van der Waals surface area (Å²) in [5, 5.41) is 19.2. The Balaban J connectivity index is 1.52. The SMILES string of the molecule is CN1CCn2c(nnc2[C@@H]2C[C@H](O)CN2CC2CCCCC2)C1. The molecule has 1 saturated carbocycles. The third-order valence-corrected chi connectivity index (χ3v) is 5.87. The minimum absolute atomic E-state index is 0.220. The summed E-state index contributed by atoms with van der Waals surface area (Å²) in [6.07, 6.45) is 7.43. The molecule has 3 heterocycles. The van der Waals surface area contributed by atoms with Crippen LogP contribution >= 0.6 is 0 Å². The van der Waals surface area contributed by atoms with E-state index in [1.165, 1.54) is 32.1 Å². The van der Waals surface area contributed by atoms with Gasteiger partial charge in [-0.25, -0.2) is 0 Å². The van der Waals surface area contributed by atoms with Crippen molar-refractivity contribution in [2.75, 3.05) is 26.7 Å². The molecule has 6 nitrogen and oxygen atoms in total. The standard InChI is InChI=1S/C17H29N5O/c1-20-7-8-22-16(12-20)18-19-17(22)15-9-14(23)11-21(15)10-13-5-3-2-4-6-13/h13-15,23H,2-12H2,1H3/t14-,15-/m0/s1. The molecule has 0 radical (unpaired) electrons. The van der Waals surface area contributed by atoms with Gasteiger partial charge in [-0.3, -0.25) is 9.80 Å². The maximum atomic E-state index is 10.2. The number of aliphatic hydroxyl groups is 1. The zero-order valence-electron chi connectivity index (χ0n) is 14.2. The third-order valence-electron chi connectivity index (χ3n) is 5.87. The summed E-state index contributed by atoms with van der Waals surface area (Å²) < 4.78 is 2.30. The zero-order valence-corrected chi connectivity index (χ0v) is 14.2. The lowest BCUT2D eigenvalue weighted by Gasteiger charge is -2.31. The minimum atomic E-state index is -0.220. The number of hydrogen-bond donors (Lipinski definition) is 1. The first kappa shape index (κ1) is 15.5. The summed E-state index contributed by atoms with van der Waals surface area (Å²) in [6, 6.07) is 0.247. The summed E-state index contributed by atoms with van der Waals surface area (Å²) >= 11 is 0. The van der Waals surface area contributed by atoms with Gasteiger partial charge in [-0.05, 0) is 32.2 Å². The summed E-state index contributed by atoms with van der Waals surface area (Å²) in [6.45, 7) is 4.81. The van der Waals surface area contributed by atoms with Crippen LogP contribution in [0.25, 0.3) is 0 Å². The molecular formula is C17H29N5O. The lowest BCUT2D eigenvalue weighted by molar-refractivity contribution is 0.153. The quantitative estimate of drug-likeness (QED) is 0.913. The second kappa shape index (κ2) is 6.49. The van der Waals surface area contributed by atoms with Crippen LogP contribution in [0.4, 0.5) is 0 Å². The van der Waals surface area contributed by atoms with Crippen LogP contribution in [-0.2, 0) is 13.1 Å². The molecule has 128 valence electrons. The molecule has 0 aromatic carbocycles. The van der Waals surface area contributed by atoms with E-state index in [0.717, 1.165) is 56.7 Å². The van der Waals surface area contributed by atoms with Crippen LogP contribution < -0.4 is 0 Å². The van der Waals surface area contributed by atoms with Gasteiger partial charge in [-0.1, -0.05) is 19.3 Å². The van der Waals surface area contributed by atoms with Gasteiger partial charge in [0.05, 0.1) is 18.7 Å². The van der Waals surface area contributed by atoms with E-state index in [1.807, 2.05) is 0 Å². The molecule has 2 atom stereocenters. The topological polar surface area (TPSA) is 57.4 Å². The van der Waals surface area contributed by atoms with E-state index in [-0.39, 0.29) is 12.1 Å². The van der Waals surface area contributed by atoms with Crippen LogP contribution in [0.2, 0.25) is 0 Å². The molecule has 1 aromatic rings. The Morgan fingerprint density at radius 3 is 2.78 bits per heavy atom.